The lowest BCUT2D eigenvalue weighted by atomic mass is 10.2. The minimum atomic E-state index is -3.83. The van der Waals surface area contributed by atoms with Gasteiger partial charge in [-0.05, 0) is 37.7 Å². The third-order valence-electron chi connectivity index (χ3n) is 2.55. The summed E-state index contributed by atoms with van der Waals surface area (Å²) in [7, 11) is -2.38. The van der Waals surface area contributed by atoms with Crippen molar-refractivity contribution in [3.05, 3.63) is 46.3 Å². The molecule has 2 aromatic rings. The molecule has 7 heteroatoms. The van der Waals surface area contributed by atoms with Crippen LogP contribution in [0.5, 0.6) is 5.88 Å². The van der Waals surface area contributed by atoms with Crippen molar-refractivity contribution in [2.75, 3.05) is 7.11 Å². The van der Waals surface area contributed by atoms with Crippen LogP contribution in [0.15, 0.2) is 35.2 Å². The minimum absolute atomic E-state index is 0.104. The Morgan fingerprint density at radius 1 is 1.10 bits per heavy atom. The monoisotopic (exact) mass is 292 g/mol. The van der Waals surface area contributed by atoms with Crippen LogP contribution in [-0.4, -0.2) is 25.5 Å². The standard InChI is InChI=1S/C13H14N3O3S/c1-9-4-6-11(7-5-9)20(17,18)16-13-14-10(2)8-12(15-13)19-3/h4-8H,1-3H3/q-1. The average molecular weight is 292 g/mol. The Hall–Kier alpha value is -2.15. The van der Waals surface area contributed by atoms with Crippen molar-refractivity contribution in [2.45, 2.75) is 18.7 Å². The molecule has 1 heterocycles. The summed E-state index contributed by atoms with van der Waals surface area (Å²) in [6, 6.07) is 8.01. The molecule has 0 aliphatic carbocycles. The van der Waals surface area contributed by atoms with E-state index in [9.17, 15) is 8.42 Å². The smallest absolute Gasteiger partial charge is 0.229 e. The first-order valence-electron chi connectivity index (χ1n) is 5.85. The number of sulfonamides is 1. The summed E-state index contributed by atoms with van der Waals surface area (Å²) in [5.41, 5.74) is 1.55. The molecule has 106 valence electrons. The normalized spacial score (nSPS) is 11.2. The molecule has 0 aliphatic heterocycles. The summed E-state index contributed by atoms with van der Waals surface area (Å²) >= 11 is 0. The molecule has 20 heavy (non-hydrogen) atoms. The zero-order valence-electron chi connectivity index (χ0n) is 11.4. The Labute approximate surface area is 117 Å². The second kappa shape index (κ2) is 5.46. The number of rotatable bonds is 4. The maximum atomic E-state index is 12.1. The van der Waals surface area contributed by atoms with E-state index in [1.165, 1.54) is 19.2 Å². The van der Waals surface area contributed by atoms with Gasteiger partial charge in [-0.2, -0.15) is 0 Å². The van der Waals surface area contributed by atoms with E-state index in [2.05, 4.69) is 14.7 Å². The van der Waals surface area contributed by atoms with E-state index in [1.54, 1.807) is 25.1 Å². The average Bonchev–Trinajstić information content (AvgIpc) is 2.37. The fourth-order valence-corrected chi connectivity index (χ4v) is 2.42. The molecule has 0 saturated heterocycles. The molecule has 6 nitrogen and oxygen atoms in total. The summed E-state index contributed by atoms with van der Waals surface area (Å²) in [5, 5.41) is 0. The molecular formula is C13H14N3O3S-. The Bertz CT molecular complexity index is 712. The number of benzene rings is 1. The second-order valence-corrected chi connectivity index (χ2v) is 5.84. The van der Waals surface area contributed by atoms with Crippen LogP contribution in [0.3, 0.4) is 0 Å². The highest BCUT2D eigenvalue weighted by molar-refractivity contribution is 7.94. The van der Waals surface area contributed by atoms with Gasteiger partial charge in [0.1, 0.15) is 5.88 Å². The van der Waals surface area contributed by atoms with Gasteiger partial charge in [0, 0.05) is 5.95 Å². The van der Waals surface area contributed by atoms with E-state index in [-0.39, 0.29) is 16.7 Å². The Morgan fingerprint density at radius 3 is 2.35 bits per heavy atom. The first-order valence-corrected chi connectivity index (χ1v) is 7.29. The molecule has 1 aromatic carbocycles. The van der Waals surface area contributed by atoms with Gasteiger partial charge in [0.15, 0.2) is 0 Å². The maximum absolute atomic E-state index is 12.1. The molecule has 1 aromatic heterocycles. The molecule has 2 rings (SSSR count). The van der Waals surface area contributed by atoms with E-state index in [4.69, 9.17) is 4.74 Å². The van der Waals surface area contributed by atoms with Crippen molar-refractivity contribution in [1.29, 1.82) is 0 Å². The lowest BCUT2D eigenvalue weighted by molar-refractivity contribution is 0.397. The molecule has 0 unspecified atom stereocenters. The highest BCUT2D eigenvalue weighted by atomic mass is 32.2. The SMILES string of the molecule is COc1cc(C)nc([N-]S(=O)(=O)c2ccc(C)cc2)n1. The fourth-order valence-electron chi connectivity index (χ4n) is 1.54. The maximum Gasteiger partial charge on any atom is 0.229 e. The van der Waals surface area contributed by atoms with Crippen molar-refractivity contribution in [1.82, 2.24) is 9.97 Å². The van der Waals surface area contributed by atoms with E-state index in [0.29, 0.717) is 5.69 Å². The topological polar surface area (TPSA) is 83.2 Å². The summed E-state index contributed by atoms with van der Waals surface area (Å²) in [6.07, 6.45) is 0. The Balaban J connectivity index is 2.33. The highest BCUT2D eigenvalue weighted by Gasteiger charge is 2.11. The summed E-state index contributed by atoms with van der Waals surface area (Å²) in [5.74, 6) is 0.137. The number of hydrogen-bond acceptors (Lipinski definition) is 5. The zero-order valence-corrected chi connectivity index (χ0v) is 12.2. The van der Waals surface area contributed by atoms with Gasteiger partial charge in [-0.3, -0.25) is 4.72 Å². The van der Waals surface area contributed by atoms with E-state index >= 15 is 0 Å². The van der Waals surface area contributed by atoms with Crippen LogP contribution in [-0.2, 0) is 10.0 Å². The lowest BCUT2D eigenvalue weighted by Gasteiger charge is -2.15. The molecule has 0 bridgehead atoms. The number of hydrogen-bond donors (Lipinski definition) is 0. The largest absolute Gasteiger partial charge is 0.493 e. The van der Waals surface area contributed by atoms with Crippen molar-refractivity contribution in [3.63, 3.8) is 0 Å². The van der Waals surface area contributed by atoms with Crippen LogP contribution in [0.1, 0.15) is 11.3 Å². The molecule has 0 aliphatic rings. The fraction of sp³-hybridized carbons (Fsp3) is 0.231. The second-order valence-electron chi connectivity index (χ2n) is 4.23. The first-order chi connectivity index (χ1) is 9.40. The third-order valence-corrected chi connectivity index (χ3v) is 3.82. The number of methoxy groups -OCH3 is 1. The number of ether oxygens (including phenoxy) is 1. The van der Waals surface area contributed by atoms with Crippen molar-refractivity contribution < 1.29 is 13.2 Å². The summed E-state index contributed by atoms with van der Waals surface area (Å²) < 4.78 is 32.9. The van der Waals surface area contributed by atoms with Gasteiger partial charge >= 0.3 is 0 Å². The van der Waals surface area contributed by atoms with Crippen molar-refractivity contribution in [3.8, 4) is 5.88 Å². The van der Waals surface area contributed by atoms with Gasteiger partial charge in [0.2, 0.25) is 10.0 Å². The van der Waals surface area contributed by atoms with Crippen molar-refractivity contribution >= 4 is 16.0 Å². The zero-order chi connectivity index (χ0) is 14.8. The van der Waals surface area contributed by atoms with Gasteiger partial charge in [0.25, 0.3) is 0 Å². The lowest BCUT2D eigenvalue weighted by Crippen LogP contribution is -2.01. The Morgan fingerprint density at radius 2 is 1.75 bits per heavy atom. The van der Waals surface area contributed by atoms with E-state index < -0.39 is 10.0 Å². The van der Waals surface area contributed by atoms with E-state index in [1.807, 2.05) is 6.92 Å². The van der Waals surface area contributed by atoms with Gasteiger partial charge in [-0.15, -0.1) is 0 Å². The molecular weight excluding hydrogens is 278 g/mol. The summed E-state index contributed by atoms with van der Waals surface area (Å²) in [4.78, 5) is 7.98. The molecule has 0 amide bonds. The predicted octanol–water partition coefficient (Wildman–Crippen LogP) is 2.50. The molecule has 0 spiro atoms. The van der Waals surface area contributed by atoms with Gasteiger partial charge in [-0.25, -0.2) is 8.42 Å². The van der Waals surface area contributed by atoms with Crippen LogP contribution >= 0.6 is 0 Å². The molecule has 0 atom stereocenters. The van der Waals surface area contributed by atoms with Gasteiger partial charge in [0.05, 0.1) is 12.0 Å². The highest BCUT2D eigenvalue weighted by Crippen LogP contribution is 2.26. The molecule has 0 fully saturated rings. The number of nitrogens with zero attached hydrogens (tertiary/aromatic N) is 3. The summed E-state index contributed by atoms with van der Waals surface area (Å²) in [6.45, 7) is 3.59. The minimum Gasteiger partial charge on any atom is -0.493 e. The van der Waals surface area contributed by atoms with Crippen LogP contribution in [0.25, 0.3) is 4.72 Å². The number of aryl methyl sites for hydroxylation is 2. The Kier molecular flexibility index (Phi) is 3.89. The van der Waals surface area contributed by atoms with Crippen molar-refractivity contribution in [2.24, 2.45) is 0 Å². The van der Waals surface area contributed by atoms with Gasteiger partial charge < -0.3 is 14.7 Å². The van der Waals surface area contributed by atoms with Gasteiger partial charge in [-0.1, -0.05) is 17.7 Å². The molecule has 0 saturated carbocycles. The van der Waals surface area contributed by atoms with E-state index in [0.717, 1.165) is 5.56 Å². The first kappa shape index (κ1) is 14.3. The molecule has 0 N–H and O–H groups in total. The van der Waals surface area contributed by atoms with Crippen LogP contribution < -0.4 is 4.74 Å². The quantitative estimate of drug-likeness (QED) is 0.864. The predicted molar refractivity (Wildman–Crippen MR) is 74.7 cm³/mol. The van der Waals surface area contributed by atoms with Crippen LogP contribution in [0.2, 0.25) is 0 Å². The third kappa shape index (κ3) is 3.24. The van der Waals surface area contributed by atoms with Crippen LogP contribution in [0, 0.1) is 13.8 Å². The number of aromatic nitrogens is 2. The molecule has 0 radical (unpaired) electrons. The van der Waals surface area contributed by atoms with Crippen LogP contribution in [0.4, 0.5) is 5.95 Å².